The molecule has 164 valence electrons. The first kappa shape index (κ1) is 20.4. The van der Waals surface area contributed by atoms with Gasteiger partial charge in [0.25, 0.3) is 0 Å². The minimum absolute atomic E-state index is 0.0316. The molecule has 3 heterocycles. The number of amides is 2. The highest BCUT2D eigenvalue weighted by Crippen LogP contribution is 2.40. The number of anilines is 1. The first-order chi connectivity index (χ1) is 15.2. The molecular weight excluding hydrogens is 451 g/mol. The van der Waals surface area contributed by atoms with Crippen LogP contribution in [0, 0.1) is 11.6 Å². The van der Waals surface area contributed by atoms with Crippen molar-refractivity contribution in [1.82, 2.24) is 15.3 Å². The number of aromatic amines is 1. The topological polar surface area (TPSA) is 61.0 Å². The Labute approximate surface area is 181 Å². The zero-order valence-electron chi connectivity index (χ0n) is 16.0. The number of fused-ring (bicyclic) bond motifs is 1. The van der Waals surface area contributed by atoms with Crippen molar-refractivity contribution in [1.29, 1.82) is 0 Å². The summed E-state index contributed by atoms with van der Waals surface area (Å²) >= 11 is 0.409. The van der Waals surface area contributed by atoms with E-state index in [1.165, 1.54) is 23.4 Å². The second-order valence-corrected chi connectivity index (χ2v) is 8.11. The van der Waals surface area contributed by atoms with Gasteiger partial charge in [0.2, 0.25) is 0 Å². The summed E-state index contributed by atoms with van der Waals surface area (Å²) in [4.78, 5) is 20.0. The number of hydrogen-bond acceptors (Lipinski definition) is 3. The minimum Gasteiger partial charge on any atom is -0.345 e. The Hall–Kier alpha value is -3.47. The van der Waals surface area contributed by atoms with Crippen molar-refractivity contribution >= 4 is 34.1 Å². The lowest BCUT2D eigenvalue weighted by Gasteiger charge is -2.24. The van der Waals surface area contributed by atoms with E-state index in [0.29, 0.717) is 22.5 Å². The van der Waals surface area contributed by atoms with Crippen molar-refractivity contribution < 1.29 is 26.7 Å². The van der Waals surface area contributed by atoms with Crippen LogP contribution >= 0.6 is 11.3 Å². The summed E-state index contributed by atoms with van der Waals surface area (Å²) in [5.41, 5.74) is 1.37. The largest absolute Gasteiger partial charge is 0.425 e. The van der Waals surface area contributed by atoms with Gasteiger partial charge < -0.3 is 10.3 Å². The quantitative estimate of drug-likeness (QED) is 0.373. The highest BCUT2D eigenvalue weighted by molar-refractivity contribution is 7.10. The summed E-state index contributed by atoms with van der Waals surface area (Å²) in [5, 5.41) is 3.75. The lowest BCUT2D eigenvalue weighted by molar-refractivity contribution is -0.134. The first-order valence-electron chi connectivity index (χ1n) is 9.38. The van der Waals surface area contributed by atoms with E-state index in [4.69, 9.17) is 0 Å². The van der Waals surface area contributed by atoms with Gasteiger partial charge in [0, 0.05) is 23.4 Å². The Bertz CT molecular complexity index is 1350. The molecular formula is C21H13F5N4OS. The van der Waals surface area contributed by atoms with Gasteiger partial charge in [-0.3, -0.25) is 4.90 Å². The molecule has 1 aliphatic rings. The molecule has 5 nitrogen and oxygen atoms in total. The van der Waals surface area contributed by atoms with E-state index in [2.05, 4.69) is 15.3 Å². The van der Waals surface area contributed by atoms with E-state index in [-0.39, 0.29) is 23.2 Å². The molecule has 5 rings (SSSR count). The van der Waals surface area contributed by atoms with Gasteiger partial charge in [-0.25, -0.2) is 18.6 Å². The molecule has 0 aliphatic carbocycles. The maximum atomic E-state index is 15.1. The van der Waals surface area contributed by atoms with Crippen LogP contribution < -0.4 is 10.2 Å². The molecule has 1 atom stereocenters. The predicted octanol–water partition coefficient (Wildman–Crippen LogP) is 5.86. The third-order valence-electron chi connectivity index (χ3n) is 5.32. The van der Waals surface area contributed by atoms with Gasteiger partial charge in [0.15, 0.2) is 11.6 Å². The predicted molar refractivity (Wildman–Crippen MR) is 109 cm³/mol. The SMILES string of the molecule is O=C1NC[C@@H](c2ccc(-c3csc(C(F)(F)F)c3)c(F)c2F)N1c1ccc2[nH]cnc2c1. The van der Waals surface area contributed by atoms with Crippen LogP contribution in [0.1, 0.15) is 16.5 Å². The number of H-pyrrole nitrogens is 1. The number of nitrogens with zero attached hydrogens (tertiary/aromatic N) is 2. The lowest BCUT2D eigenvalue weighted by Crippen LogP contribution is -2.30. The molecule has 1 aliphatic heterocycles. The zero-order chi connectivity index (χ0) is 22.6. The Morgan fingerprint density at radius 2 is 1.91 bits per heavy atom. The maximum absolute atomic E-state index is 15.1. The summed E-state index contributed by atoms with van der Waals surface area (Å²) in [6.45, 7) is 0.0316. The van der Waals surface area contributed by atoms with Crippen LogP contribution in [-0.4, -0.2) is 22.5 Å². The number of urea groups is 1. The Balaban J connectivity index is 1.53. The van der Waals surface area contributed by atoms with Gasteiger partial charge in [-0.1, -0.05) is 12.1 Å². The highest BCUT2D eigenvalue weighted by atomic mass is 32.1. The van der Waals surface area contributed by atoms with Gasteiger partial charge in [-0.15, -0.1) is 11.3 Å². The molecule has 1 fully saturated rings. The summed E-state index contributed by atoms with van der Waals surface area (Å²) < 4.78 is 68.6. The molecule has 11 heteroatoms. The maximum Gasteiger partial charge on any atom is 0.425 e. The molecule has 0 spiro atoms. The number of imidazole rings is 1. The van der Waals surface area contributed by atoms with Crippen LogP contribution in [0.3, 0.4) is 0 Å². The first-order valence-corrected chi connectivity index (χ1v) is 10.3. The third kappa shape index (κ3) is 3.29. The summed E-state index contributed by atoms with van der Waals surface area (Å²) in [6.07, 6.45) is -3.07. The fraction of sp³-hybridized carbons (Fsp3) is 0.143. The number of carbonyl (C=O) groups excluding carboxylic acids is 1. The lowest BCUT2D eigenvalue weighted by atomic mass is 9.99. The Kier molecular flexibility index (Phi) is 4.66. The Morgan fingerprint density at radius 3 is 2.66 bits per heavy atom. The summed E-state index contributed by atoms with van der Waals surface area (Å²) in [5.74, 6) is -2.48. The number of halogens is 5. The highest BCUT2D eigenvalue weighted by Gasteiger charge is 2.37. The van der Waals surface area contributed by atoms with E-state index in [0.717, 1.165) is 17.0 Å². The van der Waals surface area contributed by atoms with Crippen LogP contribution in [0.5, 0.6) is 0 Å². The Morgan fingerprint density at radius 1 is 1.09 bits per heavy atom. The fourth-order valence-electron chi connectivity index (χ4n) is 3.79. The van der Waals surface area contributed by atoms with Crippen LogP contribution in [0.25, 0.3) is 22.2 Å². The number of hydrogen-bond donors (Lipinski definition) is 2. The molecule has 2 aromatic carbocycles. The summed E-state index contributed by atoms with van der Waals surface area (Å²) in [7, 11) is 0. The van der Waals surface area contributed by atoms with E-state index in [1.807, 2.05) is 0 Å². The normalized spacial score (nSPS) is 16.7. The third-order valence-corrected chi connectivity index (χ3v) is 6.30. The fourth-order valence-corrected chi connectivity index (χ4v) is 4.57. The average Bonchev–Trinajstić information content (AvgIpc) is 3.48. The van der Waals surface area contributed by atoms with Crippen molar-refractivity contribution in [3.63, 3.8) is 0 Å². The van der Waals surface area contributed by atoms with Crippen molar-refractivity contribution in [2.24, 2.45) is 0 Å². The van der Waals surface area contributed by atoms with Crippen LogP contribution in [0.4, 0.5) is 32.4 Å². The molecule has 4 aromatic rings. The number of carbonyl (C=O) groups is 1. The molecule has 2 aromatic heterocycles. The number of alkyl halides is 3. The molecule has 2 amide bonds. The van der Waals surface area contributed by atoms with Gasteiger partial charge in [-0.05, 0) is 35.2 Å². The molecule has 0 saturated carbocycles. The minimum atomic E-state index is -4.57. The molecule has 32 heavy (non-hydrogen) atoms. The number of nitrogens with one attached hydrogen (secondary N) is 2. The molecule has 0 bridgehead atoms. The summed E-state index contributed by atoms with van der Waals surface area (Å²) in [6, 6.07) is 7.00. The van der Waals surface area contributed by atoms with Crippen LogP contribution in [0.2, 0.25) is 0 Å². The second-order valence-electron chi connectivity index (χ2n) is 7.20. The van der Waals surface area contributed by atoms with Crippen molar-refractivity contribution in [3.05, 3.63) is 70.2 Å². The van der Waals surface area contributed by atoms with Gasteiger partial charge >= 0.3 is 12.2 Å². The number of thiophene rings is 1. The van der Waals surface area contributed by atoms with Crippen molar-refractivity contribution in [2.75, 3.05) is 11.4 Å². The van der Waals surface area contributed by atoms with Gasteiger partial charge in [-0.2, -0.15) is 13.2 Å². The van der Waals surface area contributed by atoms with E-state index in [9.17, 15) is 22.4 Å². The monoisotopic (exact) mass is 464 g/mol. The van der Waals surface area contributed by atoms with Crippen LogP contribution in [-0.2, 0) is 6.18 Å². The number of benzene rings is 2. The molecule has 0 radical (unpaired) electrons. The van der Waals surface area contributed by atoms with E-state index in [1.54, 1.807) is 18.2 Å². The smallest absolute Gasteiger partial charge is 0.345 e. The number of rotatable bonds is 3. The van der Waals surface area contributed by atoms with E-state index >= 15 is 4.39 Å². The molecule has 2 N–H and O–H groups in total. The van der Waals surface area contributed by atoms with Crippen molar-refractivity contribution in [2.45, 2.75) is 12.2 Å². The van der Waals surface area contributed by atoms with Crippen LogP contribution in [0.15, 0.2) is 48.1 Å². The van der Waals surface area contributed by atoms with Gasteiger partial charge in [0.1, 0.15) is 4.88 Å². The molecule has 1 saturated heterocycles. The van der Waals surface area contributed by atoms with Gasteiger partial charge in [0.05, 0.1) is 23.4 Å². The standard InChI is InChI=1S/C21H13F5N4OS/c22-18-12(10-5-17(32-8-10)21(24,25)26)2-3-13(19(18)23)16-7-27-20(31)30(16)11-1-4-14-15(6-11)29-9-28-14/h1-6,8-9,16H,7H2,(H,27,31)(H,28,29)/t16-/m0/s1. The average molecular weight is 464 g/mol. The van der Waals surface area contributed by atoms with E-state index < -0.39 is 34.8 Å². The second kappa shape index (κ2) is 7.30. The zero-order valence-corrected chi connectivity index (χ0v) is 16.8. The number of aromatic nitrogens is 2. The van der Waals surface area contributed by atoms with Crippen molar-refractivity contribution in [3.8, 4) is 11.1 Å². The molecule has 0 unspecified atom stereocenters.